The van der Waals surface area contributed by atoms with Crippen LogP contribution in [0.4, 0.5) is 0 Å². The molecule has 1 heterocycles. The van der Waals surface area contributed by atoms with Crippen molar-refractivity contribution in [2.24, 2.45) is 17.8 Å². The summed E-state index contributed by atoms with van der Waals surface area (Å²) in [5.41, 5.74) is 0.0258. The summed E-state index contributed by atoms with van der Waals surface area (Å²) in [5.74, 6) is 1.66. The van der Waals surface area contributed by atoms with Gasteiger partial charge < -0.3 is 10.6 Å². The number of piperidine rings is 1. The van der Waals surface area contributed by atoms with Gasteiger partial charge in [0.1, 0.15) is 0 Å². The van der Waals surface area contributed by atoms with Crippen molar-refractivity contribution in [3.63, 3.8) is 0 Å². The van der Waals surface area contributed by atoms with Crippen molar-refractivity contribution in [1.29, 1.82) is 0 Å². The normalized spacial score (nSPS) is 26.3. The number of nitrogens with zero attached hydrogens (tertiary/aromatic N) is 1. The molecule has 4 nitrogen and oxygen atoms in total. The minimum atomic E-state index is 0.0232. The van der Waals surface area contributed by atoms with Gasteiger partial charge in [-0.05, 0) is 39.2 Å². The minimum Gasteiger partial charge on any atom is -0.354 e. The topological polar surface area (TPSA) is 44.4 Å². The fourth-order valence-electron chi connectivity index (χ4n) is 3.15. The first kappa shape index (κ1) is 17.4. The Morgan fingerprint density at radius 2 is 1.85 bits per heavy atom. The van der Waals surface area contributed by atoms with Gasteiger partial charge in [0, 0.05) is 37.6 Å². The highest BCUT2D eigenvalue weighted by Crippen LogP contribution is 2.26. The first-order valence-electron chi connectivity index (χ1n) is 7.93. The van der Waals surface area contributed by atoms with E-state index in [-0.39, 0.29) is 17.4 Å². The molecule has 1 fully saturated rings. The highest BCUT2D eigenvalue weighted by atomic mass is 16.1. The van der Waals surface area contributed by atoms with E-state index in [9.17, 15) is 4.79 Å². The molecule has 0 aromatic carbocycles. The van der Waals surface area contributed by atoms with Crippen molar-refractivity contribution in [1.82, 2.24) is 15.5 Å². The quantitative estimate of drug-likeness (QED) is 0.780. The Morgan fingerprint density at radius 1 is 1.30 bits per heavy atom. The van der Waals surface area contributed by atoms with E-state index in [1.165, 1.54) is 6.42 Å². The number of amides is 1. The van der Waals surface area contributed by atoms with Crippen LogP contribution in [-0.4, -0.2) is 49.6 Å². The summed E-state index contributed by atoms with van der Waals surface area (Å²) in [5, 5.41) is 6.16. The number of hydrogen-bond donors (Lipinski definition) is 2. The van der Waals surface area contributed by atoms with E-state index in [0.717, 1.165) is 38.0 Å². The number of likely N-dealkylation sites (tertiary alicyclic amines) is 1. The first-order chi connectivity index (χ1) is 9.26. The standard InChI is InChI=1S/C16H33N3O/c1-12-7-13(2)10-19(9-12)16(4,5)11-18-15(20)14(3)8-17-6/h12-14,17H,7-11H2,1-6H3,(H,18,20). The summed E-state index contributed by atoms with van der Waals surface area (Å²) in [6, 6.07) is 0. The molecule has 3 unspecified atom stereocenters. The Kier molecular flexibility index (Phi) is 6.46. The van der Waals surface area contributed by atoms with Crippen LogP contribution >= 0.6 is 0 Å². The molecular weight excluding hydrogens is 250 g/mol. The van der Waals surface area contributed by atoms with Crippen LogP contribution < -0.4 is 10.6 Å². The Balaban J connectivity index is 2.50. The lowest BCUT2D eigenvalue weighted by molar-refractivity contribution is -0.125. The SMILES string of the molecule is CNCC(C)C(=O)NCC(C)(C)N1CC(C)CC(C)C1. The molecule has 1 saturated heterocycles. The fraction of sp³-hybridized carbons (Fsp3) is 0.938. The van der Waals surface area contributed by atoms with Gasteiger partial charge in [-0.1, -0.05) is 20.8 Å². The van der Waals surface area contributed by atoms with Gasteiger partial charge in [0.05, 0.1) is 0 Å². The van der Waals surface area contributed by atoms with E-state index in [1.807, 2.05) is 14.0 Å². The maximum Gasteiger partial charge on any atom is 0.224 e. The van der Waals surface area contributed by atoms with Crippen LogP contribution in [0, 0.1) is 17.8 Å². The summed E-state index contributed by atoms with van der Waals surface area (Å²) in [6.45, 7) is 14.8. The van der Waals surface area contributed by atoms with Gasteiger partial charge in [-0.2, -0.15) is 0 Å². The van der Waals surface area contributed by atoms with E-state index in [0.29, 0.717) is 0 Å². The van der Waals surface area contributed by atoms with Gasteiger partial charge in [-0.3, -0.25) is 9.69 Å². The van der Waals surface area contributed by atoms with E-state index >= 15 is 0 Å². The number of rotatable bonds is 6. The van der Waals surface area contributed by atoms with Gasteiger partial charge in [0.25, 0.3) is 0 Å². The van der Waals surface area contributed by atoms with Crippen molar-refractivity contribution in [3.8, 4) is 0 Å². The predicted octanol–water partition coefficient (Wildman–Crippen LogP) is 1.71. The second kappa shape index (κ2) is 7.41. The van der Waals surface area contributed by atoms with Crippen molar-refractivity contribution in [2.75, 3.05) is 33.2 Å². The number of carbonyl (C=O) groups excluding carboxylic acids is 1. The molecule has 4 heteroatoms. The Bertz CT molecular complexity index is 307. The molecule has 1 aliphatic rings. The first-order valence-corrected chi connectivity index (χ1v) is 7.93. The van der Waals surface area contributed by atoms with Crippen molar-refractivity contribution in [2.45, 2.75) is 46.6 Å². The average Bonchev–Trinajstić information content (AvgIpc) is 2.35. The van der Waals surface area contributed by atoms with Crippen LogP contribution in [0.25, 0.3) is 0 Å². The molecule has 0 radical (unpaired) electrons. The van der Waals surface area contributed by atoms with Gasteiger partial charge in [0.2, 0.25) is 5.91 Å². The summed E-state index contributed by atoms with van der Waals surface area (Å²) >= 11 is 0. The molecular formula is C16H33N3O. The van der Waals surface area contributed by atoms with Crippen molar-refractivity contribution >= 4 is 5.91 Å². The summed E-state index contributed by atoms with van der Waals surface area (Å²) in [6.07, 6.45) is 1.32. The van der Waals surface area contributed by atoms with E-state index in [1.54, 1.807) is 0 Å². The molecule has 0 saturated carbocycles. The van der Waals surface area contributed by atoms with Crippen molar-refractivity contribution < 1.29 is 4.79 Å². The van der Waals surface area contributed by atoms with Crippen LogP contribution in [0.1, 0.15) is 41.0 Å². The van der Waals surface area contributed by atoms with E-state index in [2.05, 4.69) is 43.2 Å². The van der Waals surface area contributed by atoms with E-state index in [4.69, 9.17) is 0 Å². The minimum absolute atomic E-state index is 0.0232. The third-order valence-electron chi connectivity index (χ3n) is 4.38. The second-order valence-electron chi connectivity index (χ2n) is 7.34. The van der Waals surface area contributed by atoms with Gasteiger partial charge in [-0.15, -0.1) is 0 Å². The molecule has 0 aliphatic carbocycles. The summed E-state index contributed by atoms with van der Waals surface area (Å²) in [4.78, 5) is 14.6. The zero-order valence-electron chi connectivity index (χ0n) is 14.1. The largest absolute Gasteiger partial charge is 0.354 e. The van der Waals surface area contributed by atoms with Gasteiger partial charge in [0.15, 0.2) is 0 Å². The lowest BCUT2D eigenvalue weighted by Gasteiger charge is -2.45. The average molecular weight is 283 g/mol. The molecule has 0 aromatic rings. The molecule has 0 spiro atoms. The highest BCUT2D eigenvalue weighted by molar-refractivity contribution is 5.78. The molecule has 1 amide bonds. The maximum absolute atomic E-state index is 12.0. The molecule has 2 N–H and O–H groups in total. The number of nitrogens with one attached hydrogen (secondary N) is 2. The van der Waals surface area contributed by atoms with Crippen LogP contribution in [0.3, 0.4) is 0 Å². The molecule has 0 aromatic heterocycles. The fourth-order valence-corrected chi connectivity index (χ4v) is 3.15. The number of hydrogen-bond acceptors (Lipinski definition) is 3. The summed E-state index contributed by atoms with van der Waals surface area (Å²) < 4.78 is 0. The lowest BCUT2D eigenvalue weighted by atomic mass is 9.88. The third-order valence-corrected chi connectivity index (χ3v) is 4.38. The zero-order chi connectivity index (χ0) is 15.3. The maximum atomic E-state index is 12.0. The molecule has 118 valence electrons. The smallest absolute Gasteiger partial charge is 0.224 e. The Morgan fingerprint density at radius 3 is 2.35 bits per heavy atom. The van der Waals surface area contributed by atoms with Crippen molar-refractivity contribution in [3.05, 3.63) is 0 Å². The lowest BCUT2D eigenvalue weighted by Crippen LogP contribution is -2.56. The monoisotopic (exact) mass is 283 g/mol. The molecule has 1 rings (SSSR count). The van der Waals surface area contributed by atoms with Gasteiger partial charge >= 0.3 is 0 Å². The molecule has 1 aliphatic heterocycles. The molecule has 0 bridgehead atoms. The van der Waals surface area contributed by atoms with Crippen LogP contribution in [-0.2, 0) is 4.79 Å². The van der Waals surface area contributed by atoms with E-state index < -0.39 is 0 Å². The third kappa shape index (κ3) is 5.06. The zero-order valence-corrected chi connectivity index (χ0v) is 14.1. The Hall–Kier alpha value is -0.610. The Labute approximate surface area is 124 Å². The summed E-state index contributed by atoms with van der Waals surface area (Å²) in [7, 11) is 1.88. The second-order valence-corrected chi connectivity index (χ2v) is 7.34. The molecule has 20 heavy (non-hydrogen) atoms. The predicted molar refractivity (Wildman–Crippen MR) is 84.7 cm³/mol. The number of carbonyl (C=O) groups is 1. The van der Waals surface area contributed by atoms with Gasteiger partial charge in [-0.25, -0.2) is 0 Å². The van der Waals surface area contributed by atoms with Crippen LogP contribution in [0.15, 0.2) is 0 Å². The van der Waals surface area contributed by atoms with Crippen LogP contribution in [0.2, 0.25) is 0 Å². The van der Waals surface area contributed by atoms with Crippen LogP contribution in [0.5, 0.6) is 0 Å². The molecule has 3 atom stereocenters. The highest BCUT2D eigenvalue weighted by Gasteiger charge is 2.33.